The first-order chi connectivity index (χ1) is 8.61. The van der Waals surface area contributed by atoms with Crippen LogP contribution in [0.3, 0.4) is 0 Å². The van der Waals surface area contributed by atoms with Crippen molar-refractivity contribution in [3.8, 4) is 0 Å². The lowest BCUT2D eigenvalue weighted by atomic mass is 10.2. The summed E-state index contributed by atoms with van der Waals surface area (Å²) in [4.78, 5) is 14.3. The molecule has 2 atom stereocenters. The fourth-order valence-electron chi connectivity index (χ4n) is 2.23. The van der Waals surface area contributed by atoms with Crippen LogP contribution in [0, 0.1) is 0 Å². The average Bonchev–Trinajstić information content (AvgIpc) is 2.97. The highest BCUT2D eigenvalue weighted by atomic mass is 16.5. The van der Waals surface area contributed by atoms with Gasteiger partial charge in [-0.1, -0.05) is 0 Å². The number of aromatic nitrogens is 2. The molecule has 18 heavy (non-hydrogen) atoms. The highest BCUT2D eigenvalue weighted by Gasteiger charge is 2.35. The number of carbonyl (C=O) groups excluding carboxylic acids is 1. The van der Waals surface area contributed by atoms with E-state index in [0.29, 0.717) is 11.6 Å². The number of aromatic amines is 1. The van der Waals surface area contributed by atoms with Crippen molar-refractivity contribution in [2.45, 2.75) is 32.0 Å². The van der Waals surface area contributed by atoms with Crippen molar-refractivity contribution in [3.63, 3.8) is 0 Å². The molecule has 1 fully saturated rings. The minimum atomic E-state index is -0.110. The van der Waals surface area contributed by atoms with Crippen LogP contribution in [0.4, 0.5) is 0 Å². The van der Waals surface area contributed by atoms with E-state index in [9.17, 15) is 4.79 Å². The molecule has 2 rings (SSSR count). The van der Waals surface area contributed by atoms with Crippen molar-refractivity contribution >= 4 is 5.91 Å². The normalized spacial score (nSPS) is 24.7. The quantitative estimate of drug-likeness (QED) is 0.805. The Labute approximate surface area is 107 Å². The number of H-pyrrole nitrogens is 1. The third-order valence-electron chi connectivity index (χ3n) is 3.40. The summed E-state index contributed by atoms with van der Waals surface area (Å²) in [5.74, 6) is -0.110. The summed E-state index contributed by atoms with van der Waals surface area (Å²) < 4.78 is 5.44. The predicted octanol–water partition coefficient (Wildman–Crippen LogP) is 0.247. The zero-order chi connectivity index (χ0) is 13.1. The third-order valence-corrected chi connectivity index (χ3v) is 3.40. The Balaban J connectivity index is 1.98. The van der Waals surface area contributed by atoms with Gasteiger partial charge in [-0.15, -0.1) is 0 Å². The smallest absolute Gasteiger partial charge is 0.254 e. The van der Waals surface area contributed by atoms with Crippen LogP contribution in [0.2, 0.25) is 0 Å². The molecule has 6 nitrogen and oxygen atoms in total. The van der Waals surface area contributed by atoms with Gasteiger partial charge in [-0.05, 0) is 13.8 Å². The van der Waals surface area contributed by atoms with Gasteiger partial charge in [0.2, 0.25) is 0 Å². The van der Waals surface area contributed by atoms with Crippen LogP contribution in [0.5, 0.6) is 0 Å². The van der Waals surface area contributed by atoms with Gasteiger partial charge in [0.15, 0.2) is 0 Å². The Morgan fingerprint density at radius 2 is 2.39 bits per heavy atom. The Morgan fingerprint density at radius 1 is 1.61 bits per heavy atom. The molecule has 1 amide bonds. The first-order valence-corrected chi connectivity index (χ1v) is 6.18. The standard InChI is InChI=1S/C12H20N4O2/c1-8(2)16-6-10(11(7-16)18-3)15-12(17)9-4-13-14-5-9/h4-5,8,10-11H,6-7H2,1-3H3,(H,13,14)(H,15,17)/t10-,11-/m0/s1. The Bertz CT molecular complexity index is 391. The Morgan fingerprint density at radius 3 is 2.94 bits per heavy atom. The predicted molar refractivity (Wildman–Crippen MR) is 67.3 cm³/mol. The first kappa shape index (κ1) is 13.0. The number of hydrogen-bond donors (Lipinski definition) is 2. The molecule has 0 saturated carbocycles. The van der Waals surface area contributed by atoms with Crippen LogP contribution >= 0.6 is 0 Å². The molecular weight excluding hydrogens is 232 g/mol. The lowest BCUT2D eigenvalue weighted by Gasteiger charge is -2.19. The number of methoxy groups -OCH3 is 1. The van der Waals surface area contributed by atoms with E-state index in [4.69, 9.17) is 4.74 Å². The van der Waals surface area contributed by atoms with E-state index in [1.165, 1.54) is 6.20 Å². The van der Waals surface area contributed by atoms with Crippen molar-refractivity contribution in [1.29, 1.82) is 0 Å². The van der Waals surface area contributed by atoms with Gasteiger partial charge in [0.25, 0.3) is 5.91 Å². The number of nitrogens with zero attached hydrogens (tertiary/aromatic N) is 2. The number of hydrogen-bond acceptors (Lipinski definition) is 4. The number of carbonyl (C=O) groups is 1. The van der Waals surface area contributed by atoms with E-state index in [0.717, 1.165) is 13.1 Å². The molecule has 0 radical (unpaired) electrons. The largest absolute Gasteiger partial charge is 0.378 e. The molecule has 2 N–H and O–H groups in total. The van der Waals surface area contributed by atoms with E-state index < -0.39 is 0 Å². The summed E-state index contributed by atoms with van der Waals surface area (Å²) in [6.07, 6.45) is 3.15. The minimum Gasteiger partial charge on any atom is -0.378 e. The van der Waals surface area contributed by atoms with Gasteiger partial charge < -0.3 is 10.1 Å². The van der Waals surface area contributed by atoms with E-state index >= 15 is 0 Å². The van der Waals surface area contributed by atoms with E-state index in [1.807, 2.05) is 0 Å². The summed E-state index contributed by atoms with van der Waals surface area (Å²) in [7, 11) is 1.69. The third kappa shape index (κ3) is 2.70. The number of ether oxygens (including phenoxy) is 1. The molecule has 1 saturated heterocycles. The van der Waals surface area contributed by atoms with Gasteiger partial charge in [-0.25, -0.2) is 0 Å². The maximum absolute atomic E-state index is 12.0. The van der Waals surface area contributed by atoms with E-state index in [2.05, 4.69) is 34.3 Å². The highest BCUT2D eigenvalue weighted by molar-refractivity contribution is 5.93. The maximum Gasteiger partial charge on any atom is 0.254 e. The average molecular weight is 252 g/mol. The molecule has 0 unspecified atom stereocenters. The van der Waals surface area contributed by atoms with Gasteiger partial charge >= 0.3 is 0 Å². The Hall–Kier alpha value is -1.40. The topological polar surface area (TPSA) is 70.2 Å². The summed E-state index contributed by atoms with van der Waals surface area (Å²) in [6.45, 7) is 5.96. The maximum atomic E-state index is 12.0. The fraction of sp³-hybridized carbons (Fsp3) is 0.667. The highest BCUT2D eigenvalue weighted by Crippen LogP contribution is 2.16. The van der Waals surface area contributed by atoms with Gasteiger partial charge in [0.05, 0.1) is 23.9 Å². The van der Waals surface area contributed by atoms with Crippen LogP contribution in [-0.4, -0.2) is 59.4 Å². The molecule has 6 heteroatoms. The Kier molecular flexibility index (Phi) is 3.98. The van der Waals surface area contributed by atoms with Crippen molar-refractivity contribution in [3.05, 3.63) is 18.0 Å². The molecule has 100 valence electrons. The van der Waals surface area contributed by atoms with Gasteiger partial charge in [-0.2, -0.15) is 5.10 Å². The monoisotopic (exact) mass is 252 g/mol. The fourth-order valence-corrected chi connectivity index (χ4v) is 2.23. The number of amides is 1. The molecule has 0 spiro atoms. The number of rotatable bonds is 4. The van der Waals surface area contributed by atoms with Crippen molar-refractivity contribution in [1.82, 2.24) is 20.4 Å². The summed E-state index contributed by atoms with van der Waals surface area (Å²) >= 11 is 0. The molecule has 1 aliphatic heterocycles. The number of likely N-dealkylation sites (tertiary alicyclic amines) is 1. The number of nitrogens with one attached hydrogen (secondary N) is 2. The first-order valence-electron chi connectivity index (χ1n) is 6.18. The molecule has 1 aromatic rings. The van der Waals surface area contributed by atoms with Crippen molar-refractivity contribution in [2.24, 2.45) is 0 Å². The lowest BCUT2D eigenvalue weighted by Crippen LogP contribution is -2.43. The second-order valence-electron chi connectivity index (χ2n) is 4.89. The molecule has 1 aromatic heterocycles. The molecule has 0 aliphatic carbocycles. The van der Waals surface area contributed by atoms with Crippen molar-refractivity contribution in [2.75, 3.05) is 20.2 Å². The second kappa shape index (κ2) is 5.49. The zero-order valence-electron chi connectivity index (χ0n) is 11.0. The SMILES string of the molecule is CO[C@H]1CN(C(C)C)C[C@@H]1NC(=O)c1cn[nH]c1. The molecule has 0 bridgehead atoms. The van der Waals surface area contributed by atoms with Gasteiger partial charge in [-0.3, -0.25) is 14.8 Å². The van der Waals surface area contributed by atoms with E-state index in [-0.39, 0.29) is 18.1 Å². The zero-order valence-corrected chi connectivity index (χ0v) is 11.0. The minimum absolute atomic E-state index is 0.0276. The summed E-state index contributed by atoms with van der Waals surface area (Å²) in [5, 5.41) is 9.41. The van der Waals surface area contributed by atoms with Gasteiger partial charge in [0.1, 0.15) is 0 Å². The van der Waals surface area contributed by atoms with Crippen LogP contribution in [0.15, 0.2) is 12.4 Å². The van der Waals surface area contributed by atoms with Gasteiger partial charge in [0, 0.05) is 32.4 Å². The van der Waals surface area contributed by atoms with Crippen LogP contribution < -0.4 is 5.32 Å². The van der Waals surface area contributed by atoms with Crippen molar-refractivity contribution < 1.29 is 9.53 Å². The molecular formula is C12H20N4O2. The van der Waals surface area contributed by atoms with Crippen LogP contribution in [0.25, 0.3) is 0 Å². The lowest BCUT2D eigenvalue weighted by molar-refractivity contribution is 0.0753. The molecule has 2 heterocycles. The molecule has 0 aromatic carbocycles. The summed E-state index contributed by atoms with van der Waals surface area (Å²) in [5.41, 5.74) is 0.549. The molecule has 1 aliphatic rings. The van der Waals surface area contributed by atoms with E-state index in [1.54, 1.807) is 13.3 Å². The van der Waals surface area contributed by atoms with Crippen LogP contribution in [-0.2, 0) is 4.74 Å². The van der Waals surface area contributed by atoms with Crippen LogP contribution in [0.1, 0.15) is 24.2 Å². The summed E-state index contributed by atoms with van der Waals surface area (Å²) in [6, 6.07) is 0.485. The second-order valence-corrected chi connectivity index (χ2v) is 4.89.